The van der Waals surface area contributed by atoms with Crippen molar-refractivity contribution in [1.29, 1.82) is 0 Å². The van der Waals surface area contributed by atoms with Crippen molar-refractivity contribution in [3.8, 4) is 10.6 Å². The van der Waals surface area contributed by atoms with Crippen LogP contribution < -0.4 is 5.32 Å². The summed E-state index contributed by atoms with van der Waals surface area (Å²) in [4.78, 5) is 11.2. The fourth-order valence-electron chi connectivity index (χ4n) is 2.83. The van der Waals surface area contributed by atoms with E-state index in [0.717, 1.165) is 33.2 Å². The van der Waals surface area contributed by atoms with Gasteiger partial charge in [0.05, 0.1) is 0 Å². The summed E-state index contributed by atoms with van der Waals surface area (Å²) in [5.41, 5.74) is 4.68. The Kier molecular flexibility index (Phi) is 5.11. The van der Waals surface area contributed by atoms with Gasteiger partial charge in [-0.2, -0.15) is 0 Å². The van der Waals surface area contributed by atoms with E-state index < -0.39 is 0 Å². The van der Waals surface area contributed by atoms with Crippen molar-refractivity contribution in [3.63, 3.8) is 0 Å². The lowest BCUT2D eigenvalue weighted by molar-refractivity contribution is 0.112. The van der Waals surface area contributed by atoms with Gasteiger partial charge in [-0.15, -0.1) is 28.7 Å². The van der Waals surface area contributed by atoms with E-state index in [9.17, 15) is 4.79 Å². The fourth-order valence-corrected chi connectivity index (χ4v) is 4.26. The molecule has 1 N–H and O–H groups in total. The molecule has 2 unspecified atom stereocenters. The first-order valence-corrected chi connectivity index (χ1v) is 10.8. The van der Waals surface area contributed by atoms with Crippen LogP contribution in [-0.4, -0.2) is 16.5 Å². The number of nitrogens with one attached hydrogen (secondary N) is 1. The smallest absolute Gasteiger partial charge is 0.150 e. The van der Waals surface area contributed by atoms with E-state index in [1.807, 2.05) is 18.2 Å². The number of nitrogens with zero attached hydrogens (tertiary/aromatic N) is 2. The third-order valence-corrected chi connectivity index (χ3v) is 6.35. The van der Waals surface area contributed by atoms with Crippen molar-refractivity contribution < 1.29 is 4.79 Å². The van der Waals surface area contributed by atoms with E-state index in [1.54, 1.807) is 11.3 Å². The van der Waals surface area contributed by atoms with E-state index in [0.29, 0.717) is 11.5 Å². The number of hydrogen-bond acceptors (Lipinski definition) is 5. The highest BCUT2D eigenvalue weighted by molar-refractivity contribution is 7.38. The molecule has 2 atom stereocenters. The molecule has 0 aliphatic heterocycles. The zero-order valence-corrected chi connectivity index (χ0v) is 18.1. The average Bonchev–Trinajstić information content (AvgIpc) is 3.39. The predicted octanol–water partition coefficient (Wildman–Crippen LogP) is 5.56. The number of carbonyl (C=O) groups excluding carboxylic acids is 1. The van der Waals surface area contributed by atoms with Gasteiger partial charge >= 0.3 is 0 Å². The maximum absolute atomic E-state index is 11.3. The molecule has 4 rings (SSSR count). The van der Waals surface area contributed by atoms with Crippen LogP contribution >= 0.6 is 29.8 Å². The number of carbonyl (C=O) groups is 1. The minimum atomic E-state index is -0.0406. The average molecular weight is 413 g/mol. The summed E-state index contributed by atoms with van der Waals surface area (Å²) < 4.78 is 0. The third kappa shape index (κ3) is 4.27. The minimum absolute atomic E-state index is 0.0406. The summed E-state index contributed by atoms with van der Waals surface area (Å²) in [6.45, 7) is 2.13. The molecule has 1 saturated carbocycles. The molecule has 0 radical (unpaired) electrons. The van der Waals surface area contributed by atoms with Crippen LogP contribution in [0.4, 0.5) is 11.4 Å². The van der Waals surface area contributed by atoms with Gasteiger partial charge in [-0.25, -0.2) is 0 Å². The molecule has 0 amide bonds. The number of benzene rings is 2. The van der Waals surface area contributed by atoms with Crippen LogP contribution in [-0.2, 0) is 4.90 Å². The molecule has 3 aromatic rings. The van der Waals surface area contributed by atoms with Crippen LogP contribution in [0.25, 0.3) is 10.6 Å². The van der Waals surface area contributed by atoms with Gasteiger partial charge in [0.1, 0.15) is 16.3 Å². The van der Waals surface area contributed by atoms with E-state index in [4.69, 9.17) is 0 Å². The van der Waals surface area contributed by atoms with Crippen LogP contribution in [0.15, 0.2) is 42.5 Å². The molecular formula is C20H21N3OP2S. The molecule has 7 heteroatoms. The molecule has 0 saturated heterocycles. The SMILES string of the molecule is CC(P)(P)c1ccc(Nc2ccc(C=O)cc2-c2nnc(C3CC3)s2)cc1. The summed E-state index contributed by atoms with van der Waals surface area (Å²) in [6.07, 6.45) is 3.26. The van der Waals surface area contributed by atoms with Gasteiger partial charge in [0.2, 0.25) is 0 Å². The van der Waals surface area contributed by atoms with E-state index >= 15 is 0 Å². The zero-order chi connectivity index (χ0) is 19.0. The first-order chi connectivity index (χ1) is 12.9. The highest BCUT2D eigenvalue weighted by atomic mass is 32.1. The summed E-state index contributed by atoms with van der Waals surface area (Å²) in [7, 11) is 5.66. The highest BCUT2D eigenvalue weighted by Crippen LogP contribution is 2.44. The highest BCUT2D eigenvalue weighted by Gasteiger charge is 2.28. The summed E-state index contributed by atoms with van der Waals surface area (Å²) in [5.74, 6) is 0.572. The van der Waals surface area contributed by atoms with Crippen molar-refractivity contribution in [1.82, 2.24) is 10.2 Å². The van der Waals surface area contributed by atoms with Crippen molar-refractivity contribution in [2.45, 2.75) is 30.6 Å². The minimum Gasteiger partial charge on any atom is -0.355 e. The molecule has 1 aliphatic carbocycles. The van der Waals surface area contributed by atoms with Gasteiger partial charge < -0.3 is 5.32 Å². The molecule has 2 aromatic carbocycles. The molecular weight excluding hydrogens is 392 g/mol. The second-order valence-corrected chi connectivity index (χ2v) is 11.2. The lowest BCUT2D eigenvalue weighted by Gasteiger charge is -2.19. The first-order valence-electron chi connectivity index (χ1n) is 8.82. The third-order valence-electron chi connectivity index (χ3n) is 4.56. The van der Waals surface area contributed by atoms with Gasteiger partial charge in [-0.05, 0) is 55.7 Å². The molecule has 4 nitrogen and oxygen atoms in total. The van der Waals surface area contributed by atoms with Gasteiger partial charge in [0, 0.05) is 33.3 Å². The summed E-state index contributed by atoms with van der Waals surface area (Å²) >= 11 is 1.62. The number of anilines is 2. The zero-order valence-electron chi connectivity index (χ0n) is 15.0. The van der Waals surface area contributed by atoms with Crippen molar-refractivity contribution in [2.24, 2.45) is 0 Å². The standard InChI is InChI=1S/C20H21N3OP2S/c1-20(25,26)14-5-7-15(8-6-14)21-17-9-2-12(11-24)10-16(17)19-23-22-18(27-19)13-3-4-13/h2,5-11,13,21H,3-4,25-26H2,1H3. The second-order valence-electron chi connectivity index (χ2n) is 7.13. The Bertz CT molecular complexity index is 976. The maximum Gasteiger partial charge on any atom is 0.150 e. The van der Waals surface area contributed by atoms with Gasteiger partial charge in [-0.1, -0.05) is 23.5 Å². The van der Waals surface area contributed by atoms with Gasteiger partial charge in [0.15, 0.2) is 0 Å². The van der Waals surface area contributed by atoms with Crippen LogP contribution in [0.3, 0.4) is 0 Å². The molecule has 1 aromatic heterocycles. The lowest BCUT2D eigenvalue weighted by Crippen LogP contribution is -2.02. The molecule has 0 bridgehead atoms. The van der Waals surface area contributed by atoms with Crippen LogP contribution in [0, 0.1) is 0 Å². The first kappa shape index (κ1) is 18.7. The number of hydrogen-bond donors (Lipinski definition) is 1. The Morgan fingerprint density at radius 1 is 1.15 bits per heavy atom. The fraction of sp³-hybridized carbons (Fsp3) is 0.250. The molecule has 0 spiro atoms. The number of rotatable bonds is 6. The number of aldehydes is 1. The van der Waals surface area contributed by atoms with Crippen molar-refractivity contribution >= 4 is 47.5 Å². The molecule has 138 valence electrons. The van der Waals surface area contributed by atoms with E-state index in [1.165, 1.54) is 18.4 Å². The topological polar surface area (TPSA) is 54.9 Å². The van der Waals surface area contributed by atoms with Gasteiger partial charge in [-0.3, -0.25) is 4.79 Å². The van der Waals surface area contributed by atoms with Crippen LogP contribution in [0.2, 0.25) is 0 Å². The summed E-state index contributed by atoms with van der Waals surface area (Å²) in [6, 6.07) is 14.0. The Morgan fingerprint density at radius 3 is 2.52 bits per heavy atom. The summed E-state index contributed by atoms with van der Waals surface area (Å²) in [5, 5.41) is 14.1. The van der Waals surface area contributed by atoms with Crippen LogP contribution in [0.1, 0.15) is 46.6 Å². The Labute approximate surface area is 167 Å². The van der Waals surface area contributed by atoms with Crippen molar-refractivity contribution in [2.75, 3.05) is 5.32 Å². The second kappa shape index (κ2) is 7.39. The normalized spacial score (nSPS) is 14.2. The predicted molar refractivity (Wildman–Crippen MR) is 119 cm³/mol. The largest absolute Gasteiger partial charge is 0.355 e. The quantitative estimate of drug-likeness (QED) is 0.425. The molecule has 1 heterocycles. The maximum atomic E-state index is 11.3. The molecule has 1 fully saturated rings. The Morgan fingerprint density at radius 2 is 1.89 bits per heavy atom. The Balaban J connectivity index is 1.66. The van der Waals surface area contributed by atoms with Crippen molar-refractivity contribution in [3.05, 3.63) is 58.6 Å². The lowest BCUT2D eigenvalue weighted by atomic mass is 10.1. The molecule has 27 heavy (non-hydrogen) atoms. The molecule has 1 aliphatic rings. The Hall–Kier alpha value is -1.67. The van der Waals surface area contributed by atoms with E-state index in [-0.39, 0.29) is 4.90 Å². The van der Waals surface area contributed by atoms with Crippen LogP contribution in [0.5, 0.6) is 0 Å². The van der Waals surface area contributed by atoms with E-state index in [2.05, 4.69) is 65.2 Å². The van der Waals surface area contributed by atoms with Gasteiger partial charge in [0.25, 0.3) is 0 Å². The number of aromatic nitrogens is 2. The monoisotopic (exact) mass is 413 g/mol.